The first-order valence-corrected chi connectivity index (χ1v) is 11.5. The van der Waals surface area contributed by atoms with E-state index in [0.29, 0.717) is 17.1 Å². The molecule has 2 aromatic carbocycles. The van der Waals surface area contributed by atoms with E-state index in [1.54, 1.807) is 0 Å². The maximum Gasteiger partial charge on any atom is 0.251 e. The number of aromatic nitrogens is 2. The number of nitrogens with one attached hydrogen (secondary N) is 1. The van der Waals surface area contributed by atoms with Crippen LogP contribution in [-0.4, -0.2) is 24.1 Å². The van der Waals surface area contributed by atoms with Crippen LogP contribution in [0.5, 0.6) is 0 Å². The highest BCUT2D eigenvalue weighted by atomic mass is 35.5. The zero-order valence-corrected chi connectivity index (χ0v) is 17.7. The maximum atomic E-state index is 12.7. The number of carbonyl (C=O) groups excluding carboxylic acids is 1. The monoisotopic (exact) mass is 444 g/mol. The molecule has 1 aliphatic carbocycles. The first kappa shape index (κ1) is 20.6. The van der Waals surface area contributed by atoms with Crippen molar-refractivity contribution in [2.24, 2.45) is 5.14 Å². The summed E-state index contributed by atoms with van der Waals surface area (Å²) < 4.78 is 24.7. The van der Waals surface area contributed by atoms with E-state index < -0.39 is 10.0 Å². The van der Waals surface area contributed by atoms with E-state index in [1.807, 2.05) is 35.1 Å². The smallest absolute Gasteiger partial charge is 0.251 e. The first-order valence-electron chi connectivity index (χ1n) is 9.54. The number of carbonyl (C=O) groups is 1. The predicted octanol–water partition coefficient (Wildman–Crippen LogP) is 3.04. The molecule has 1 aromatic heterocycles. The lowest BCUT2D eigenvalue weighted by Crippen LogP contribution is -2.31. The van der Waals surface area contributed by atoms with E-state index in [1.165, 1.54) is 24.3 Å². The zero-order chi connectivity index (χ0) is 21.3. The van der Waals surface area contributed by atoms with Crippen LogP contribution in [0.15, 0.2) is 59.6 Å². The Morgan fingerprint density at radius 1 is 1.23 bits per heavy atom. The minimum atomic E-state index is -3.79. The Morgan fingerprint density at radius 3 is 2.70 bits per heavy atom. The number of benzene rings is 2. The van der Waals surface area contributed by atoms with Crippen molar-refractivity contribution < 1.29 is 13.2 Å². The summed E-state index contributed by atoms with van der Waals surface area (Å²) in [6, 6.07) is 13.1. The van der Waals surface area contributed by atoms with Gasteiger partial charge in [0.15, 0.2) is 0 Å². The highest BCUT2D eigenvalue weighted by Gasteiger charge is 2.26. The number of fused-ring (bicyclic) bond motifs is 1. The van der Waals surface area contributed by atoms with E-state index in [2.05, 4.69) is 10.4 Å². The van der Waals surface area contributed by atoms with Crippen LogP contribution in [0.4, 0.5) is 0 Å². The van der Waals surface area contributed by atoms with Crippen LogP contribution < -0.4 is 10.5 Å². The summed E-state index contributed by atoms with van der Waals surface area (Å²) in [6.07, 6.45) is 4.46. The van der Waals surface area contributed by atoms with Crippen molar-refractivity contribution in [3.63, 3.8) is 0 Å². The molecule has 0 aliphatic heterocycles. The maximum absolute atomic E-state index is 12.7. The van der Waals surface area contributed by atoms with Crippen LogP contribution in [0.3, 0.4) is 0 Å². The molecule has 0 radical (unpaired) electrons. The fraction of sp³-hybridized carbons (Fsp3) is 0.238. The molecule has 3 N–H and O–H groups in total. The second kappa shape index (κ2) is 8.22. The van der Waals surface area contributed by atoms with E-state index in [0.717, 1.165) is 36.1 Å². The Kier molecular flexibility index (Phi) is 5.64. The van der Waals surface area contributed by atoms with Crippen molar-refractivity contribution in [3.8, 4) is 0 Å². The molecule has 0 spiro atoms. The normalized spacial score (nSPS) is 16.1. The fourth-order valence-electron chi connectivity index (χ4n) is 3.75. The molecule has 0 fully saturated rings. The average molecular weight is 445 g/mol. The van der Waals surface area contributed by atoms with Gasteiger partial charge in [-0.3, -0.25) is 9.48 Å². The van der Waals surface area contributed by atoms with Gasteiger partial charge in [0.05, 0.1) is 23.7 Å². The summed E-state index contributed by atoms with van der Waals surface area (Å²) in [5, 5.41) is 13.4. The Balaban J connectivity index is 1.51. The van der Waals surface area contributed by atoms with E-state index in [4.69, 9.17) is 16.7 Å². The van der Waals surface area contributed by atoms with Crippen LogP contribution in [0, 0.1) is 0 Å². The lowest BCUT2D eigenvalue weighted by atomic mass is 9.92. The van der Waals surface area contributed by atoms with Gasteiger partial charge in [-0.2, -0.15) is 5.10 Å². The number of sulfonamides is 1. The molecule has 7 nitrogen and oxygen atoms in total. The Labute approximate surface area is 179 Å². The Hall–Kier alpha value is -2.68. The van der Waals surface area contributed by atoms with Gasteiger partial charge in [-0.1, -0.05) is 23.7 Å². The van der Waals surface area contributed by atoms with Crippen molar-refractivity contribution >= 4 is 27.5 Å². The Morgan fingerprint density at radius 2 is 2.00 bits per heavy atom. The number of nitrogens with zero attached hydrogens (tertiary/aromatic N) is 2. The lowest BCUT2D eigenvalue weighted by molar-refractivity contribution is 0.0932. The van der Waals surface area contributed by atoms with Crippen molar-refractivity contribution in [1.29, 1.82) is 0 Å². The summed E-state index contributed by atoms with van der Waals surface area (Å²) in [7, 11) is -3.79. The molecule has 0 unspecified atom stereocenters. The first-order chi connectivity index (χ1) is 14.3. The molecule has 1 heterocycles. The average Bonchev–Trinajstić information content (AvgIpc) is 3.11. The van der Waals surface area contributed by atoms with Gasteiger partial charge >= 0.3 is 0 Å². The van der Waals surface area contributed by atoms with E-state index in [9.17, 15) is 13.2 Å². The SMILES string of the molecule is NS(=O)(=O)c1ccc(C(=O)N[C@@H]2CCCc3c2cnn3Cc2cccc(Cl)c2)cc1. The van der Waals surface area contributed by atoms with Gasteiger partial charge in [0, 0.05) is 21.8 Å². The van der Waals surface area contributed by atoms with Crippen LogP contribution in [0.2, 0.25) is 5.02 Å². The Bertz CT molecular complexity index is 1190. The van der Waals surface area contributed by atoms with Gasteiger partial charge in [0.1, 0.15) is 0 Å². The summed E-state index contributed by atoms with van der Waals surface area (Å²) in [6.45, 7) is 0.617. The summed E-state index contributed by atoms with van der Waals surface area (Å²) in [5.41, 5.74) is 3.56. The number of halogens is 1. The van der Waals surface area contributed by atoms with Gasteiger partial charge < -0.3 is 5.32 Å². The molecule has 1 amide bonds. The highest BCUT2D eigenvalue weighted by molar-refractivity contribution is 7.89. The second-order valence-corrected chi connectivity index (χ2v) is 9.32. The van der Waals surface area contributed by atoms with Crippen molar-refractivity contribution in [3.05, 3.63) is 82.1 Å². The van der Waals surface area contributed by atoms with Crippen molar-refractivity contribution in [2.45, 2.75) is 36.7 Å². The molecule has 1 atom stereocenters. The second-order valence-electron chi connectivity index (χ2n) is 7.32. The molecule has 1 aliphatic rings. The largest absolute Gasteiger partial charge is 0.345 e. The van der Waals surface area contributed by atoms with Crippen LogP contribution in [-0.2, 0) is 23.0 Å². The molecular formula is C21H21ClN4O3S. The highest BCUT2D eigenvalue weighted by Crippen LogP contribution is 2.30. The third-order valence-electron chi connectivity index (χ3n) is 5.23. The molecule has 0 bridgehead atoms. The summed E-state index contributed by atoms with van der Waals surface area (Å²) in [5.74, 6) is -0.267. The summed E-state index contributed by atoms with van der Waals surface area (Å²) >= 11 is 6.08. The summed E-state index contributed by atoms with van der Waals surface area (Å²) in [4.78, 5) is 12.7. The van der Waals surface area contributed by atoms with Gasteiger partial charge in [0.25, 0.3) is 5.91 Å². The molecule has 30 heavy (non-hydrogen) atoms. The number of rotatable bonds is 5. The predicted molar refractivity (Wildman–Crippen MR) is 114 cm³/mol. The number of nitrogens with two attached hydrogens (primary N) is 1. The van der Waals surface area contributed by atoms with Crippen LogP contribution in [0.25, 0.3) is 0 Å². The zero-order valence-electron chi connectivity index (χ0n) is 16.1. The van der Waals surface area contributed by atoms with Crippen molar-refractivity contribution in [1.82, 2.24) is 15.1 Å². The minimum absolute atomic E-state index is 0.0266. The van der Waals surface area contributed by atoms with Crippen LogP contribution in [0.1, 0.15) is 46.1 Å². The van der Waals surface area contributed by atoms with Gasteiger partial charge in [0.2, 0.25) is 10.0 Å². The standard InChI is InChI=1S/C21H21ClN4O3S/c22-16-4-1-3-14(11-16)13-26-20-6-2-5-19(18(20)12-24-26)25-21(27)15-7-9-17(10-8-15)30(23,28)29/h1,3-4,7-12,19H,2,5-6,13H2,(H,25,27)(H2,23,28,29)/t19-/m1/s1. The molecular weight excluding hydrogens is 424 g/mol. The van der Waals surface area contributed by atoms with Crippen molar-refractivity contribution in [2.75, 3.05) is 0 Å². The van der Waals surface area contributed by atoms with Gasteiger partial charge in [-0.05, 0) is 61.2 Å². The minimum Gasteiger partial charge on any atom is -0.345 e. The number of amides is 1. The number of hydrogen-bond donors (Lipinski definition) is 2. The van der Waals surface area contributed by atoms with Gasteiger partial charge in [-0.15, -0.1) is 0 Å². The van der Waals surface area contributed by atoms with Gasteiger partial charge in [-0.25, -0.2) is 13.6 Å². The topological polar surface area (TPSA) is 107 Å². The molecule has 4 rings (SSSR count). The number of hydrogen-bond acceptors (Lipinski definition) is 4. The third-order valence-corrected chi connectivity index (χ3v) is 6.40. The quantitative estimate of drug-likeness (QED) is 0.630. The molecule has 0 saturated carbocycles. The van der Waals surface area contributed by atoms with Crippen LogP contribution >= 0.6 is 11.6 Å². The van der Waals surface area contributed by atoms with E-state index in [-0.39, 0.29) is 16.8 Å². The lowest BCUT2D eigenvalue weighted by Gasteiger charge is -2.24. The molecule has 0 saturated heterocycles. The number of primary sulfonamides is 1. The third kappa shape index (κ3) is 4.40. The fourth-order valence-corrected chi connectivity index (χ4v) is 4.48. The molecule has 156 valence electrons. The molecule has 9 heteroatoms. The molecule has 3 aromatic rings. The van der Waals surface area contributed by atoms with E-state index >= 15 is 0 Å².